The van der Waals surface area contributed by atoms with Crippen molar-refractivity contribution in [3.63, 3.8) is 0 Å². The van der Waals surface area contributed by atoms with Crippen LogP contribution in [0.25, 0.3) is 0 Å². The van der Waals surface area contributed by atoms with Gasteiger partial charge in [0, 0.05) is 18.8 Å². The summed E-state index contributed by atoms with van der Waals surface area (Å²) in [6.45, 7) is 10.5. The average Bonchev–Trinajstić information content (AvgIpc) is 2.45. The second-order valence-electron chi connectivity index (χ2n) is 6.40. The number of nitrogens with one attached hydrogen (secondary N) is 1. The van der Waals surface area contributed by atoms with Crippen LogP contribution in [-0.2, 0) is 9.53 Å². The third-order valence-electron chi connectivity index (χ3n) is 4.24. The molecular formula is C18H28N2O2. The quantitative estimate of drug-likeness (QED) is 0.908. The summed E-state index contributed by atoms with van der Waals surface area (Å²) in [5.41, 5.74) is 2.15. The molecule has 1 aromatic rings. The van der Waals surface area contributed by atoms with Crippen molar-refractivity contribution in [1.82, 2.24) is 4.90 Å². The maximum atomic E-state index is 12.4. The molecule has 1 aliphatic rings. The predicted molar refractivity (Wildman–Crippen MR) is 90.2 cm³/mol. The van der Waals surface area contributed by atoms with Crippen LogP contribution in [0.5, 0.6) is 0 Å². The molecule has 1 aliphatic heterocycles. The fraction of sp³-hybridized carbons (Fsp3) is 0.611. The van der Waals surface area contributed by atoms with Gasteiger partial charge in [-0.2, -0.15) is 0 Å². The molecule has 22 heavy (non-hydrogen) atoms. The molecule has 122 valence electrons. The van der Waals surface area contributed by atoms with Crippen LogP contribution in [0.3, 0.4) is 0 Å². The minimum absolute atomic E-state index is 0.0528. The molecular weight excluding hydrogens is 276 g/mol. The lowest BCUT2D eigenvalue weighted by Gasteiger charge is -2.34. The van der Waals surface area contributed by atoms with E-state index in [2.05, 4.69) is 44.0 Å². The molecule has 0 radical (unpaired) electrons. The highest BCUT2D eigenvalue weighted by Crippen LogP contribution is 2.26. The molecule has 1 fully saturated rings. The van der Waals surface area contributed by atoms with Crippen molar-refractivity contribution in [3.05, 3.63) is 29.8 Å². The number of rotatable bonds is 5. The number of carbonyl (C=O) groups is 1. The molecule has 0 aromatic heterocycles. The molecule has 0 unspecified atom stereocenters. The summed E-state index contributed by atoms with van der Waals surface area (Å²) in [6, 6.07) is 8.09. The average molecular weight is 304 g/mol. The van der Waals surface area contributed by atoms with E-state index in [4.69, 9.17) is 4.74 Å². The minimum Gasteiger partial charge on any atom is -0.373 e. The molecule has 4 nitrogen and oxygen atoms in total. The van der Waals surface area contributed by atoms with Gasteiger partial charge in [-0.3, -0.25) is 9.69 Å². The summed E-state index contributed by atoms with van der Waals surface area (Å²) in [7, 11) is 0. The van der Waals surface area contributed by atoms with Gasteiger partial charge in [0.15, 0.2) is 0 Å². The molecule has 1 heterocycles. The molecule has 0 aliphatic carbocycles. The Morgan fingerprint density at radius 1 is 1.32 bits per heavy atom. The minimum atomic E-state index is 0.0528. The second kappa shape index (κ2) is 7.75. The van der Waals surface area contributed by atoms with Gasteiger partial charge >= 0.3 is 0 Å². The van der Waals surface area contributed by atoms with Crippen molar-refractivity contribution in [3.8, 4) is 0 Å². The summed E-state index contributed by atoms with van der Waals surface area (Å²) in [6.07, 6.45) is 1.43. The third-order valence-corrected chi connectivity index (χ3v) is 4.24. The summed E-state index contributed by atoms with van der Waals surface area (Å²) in [4.78, 5) is 14.5. The topological polar surface area (TPSA) is 41.6 Å². The lowest BCUT2D eigenvalue weighted by molar-refractivity contribution is -0.121. The summed E-state index contributed by atoms with van der Waals surface area (Å²) in [5.74, 6) is 0.497. The van der Waals surface area contributed by atoms with Crippen molar-refractivity contribution < 1.29 is 9.53 Å². The van der Waals surface area contributed by atoms with Crippen LogP contribution >= 0.6 is 0 Å². The van der Waals surface area contributed by atoms with Crippen molar-refractivity contribution >= 4 is 11.6 Å². The van der Waals surface area contributed by atoms with E-state index in [1.54, 1.807) is 0 Å². The molecule has 3 atom stereocenters. The fourth-order valence-electron chi connectivity index (χ4n) is 3.07. The van der Waals surface area contributed by atoms with Crippen molar-refractivity contribution in [1.29, 1.82) is 0 Å². The maximum absolute atomic E-state index is 12.4. The van der Waals surface area contributed by atoms with Crippen LogP contribution in [0.2, 0.25) is 0 Å². The first-order valence-corrected chi connectivity index (χ1v) is 8.26. The van der Waals surface area contributed by atoms with E-state index in [1.807, 2.05) is 18.2 Å². The SMILES string of the molecule is CC[C@H](C)c1ccccc1NC(=O)CN1C[C@H](C)O[C@@H](C)C1. The highest BCUT2D eigenvalue weighted by atomic mass is 16.5. The molecule has 1 amide bonds. The Morgan fingerprint density at radius 2 is 1.95 bits per heavy atom. The number of morpholine rings is 1. The van der Waals surface area contributed by atoms with Crippen molar-refractivity contribution in [2.24, 2.45) is 0 Å². The standard InChI is InChI=1S/C18H28N2O2/c1-5-13(2)16-8-6-7-9-17(16)19-18(21)12-20-10-14(3)22-15(4)11-20/h6-9,13-15H,5,10-12H2,1-4H3,(H,19,21)/t13-,14-,15-/m0/s1. The number of ether oxygens (including phenoxy) is 1. The summed E-state index contributed by atoms with van der Waals surface area (Å²) in [5, 5.41) is 3.08. The predicted octanol–water partition coefficient (Wildman–Crippen LogP) is 3.25. The van der Waals surface area contributed by atoms with Crippen LogP contribution in [0.15, 0.2) is 24.3 Å². The smallest absolute Gasteiger partial charge is 0.238 e. The number of hydrogen-bond donors (Lipinski definition) is 1. The number of nitrogens with zero attached hydrogens (tertiary/aromatic N) is 1. The number of hydrogen-bond acceptors (Lipinski definition) is 3. The molecule has 1 aromatic carbocycles. The summed E-state index contributed by atoms with van der Waals surface area (Å²) < 4.78 is 5.71. The largest absolute Gasteiger partial charge is 0.373 e. The first-order valence-electron chi connectivity index (χ1n) is 8.26. The molecule has 4 heteroatoms. The first-order chi connectivity index (χ1) is 10.5. The van der Waals surface area contributed by atoms with Gasteiger partial charge in [0.1, 0.15) is 0 Å². The molecule has 2 rings (SSSR count). The number of amides is 1. The lowest BCUT2D eigenvalue weighted by atomic mass is 9.97. The van der Waals surface area contributed by atoms with Gasteiger partial charge < -0.3 is 10.1 Å². The Labute approximate surface area is 133 Å². The normalized spacial score (nSPS) is 24.0. The van der Waals surface area contributed by atoms with Crippen LogP contribution < -0.4 is 5.32 Å². The van der Waals surface area contributed by atoms with Crippen molar-refractivity contribution in [2.75, 3.05) is 25.0 Å². The molecule has 0 bridgehead atoms. The van der Waals surface area contributed by atoms with Gasteiger partial charge in [-0.1, -0.05) is 32.0 Å². The van der Waals surface area contributed by atoms with Gasteiger partial charge in [0.2, 0.25) is 5.91 Å². The van der Waals surface area contributed by atoms with E-state index in [0.717, 1.165) is 25.2 Å². The van der Waals surface area contributed by atoms with Crippen LogP contribution in [0, 0.1) is 0 Å². The van der Waals surface area contributed by atoms with Crippen LogP contribution in [0.4, 0.5) is 5.69 Å². The Bertz CT molecular complexity index is 494. The Kier molecular flexibility index (Phi) is 5.98. The van der Waals surface area contributed by atoms with Crippen molar-refractivity contribution in [2.45, 2.75) is 52.2 Å². The summed E-state index contributed by atoms with van der Waals surface area (Å²) >= 11 is 0. The van der Waals surface area contributed by atoms with E-state index in [-0.39, 0.29) is 18.1 Å². The van der Waals surface area contributed by atoms with E-state index >= 15 is 0 Å². The zero-order valence-corrected chi connectivity index (χ0v) is 14.1. The van der Waals surface area contributed by atoms with Gasteiger partial charge in [0.25, 0.3) is 0 Å². The third kappa shape index (κ3) is 4.55. The number of anilines is 1. The number of para-hydroxylation sites is 1. The van der Waals surface area contributed by atoms with Gasteiger partial charge in [0.05, 0.1) is 18.8 Å². The number of benzene rings is 1. The monoisotopic (exact) mass is 304 g/mol. The zero-order chi connectivity index (χ0) is 16.1. The van der Waals surface area contributed by atoms with E-state index < -0.39 is 0 Å². The molecule has 0 saturated carbocycles. The van der Waals surface area contributed by atoms with Gasteiger partial charge in [-0.05, 0) is 37.8 Å². The van der Waals surface area contributed by atoms with E-state index in [0.29, 0.717) is 12.5 Å². The van der Waals surface area contributed by atoms with Gasteiger partial charge in [-0.15, -0.1) is 0 Å². The molecule has 1 N–H and O–H groups in total. The zero-order valence-electron chi connectivity index (χ0n) is 14.1. The maximum Gasteiger partial charge on any atom is 0.238 e. The highest BCUT2D eigenvalue weighted by molar-refractivity contribution is 5.93. The van der Waals surface area contributed by atoms with Crippen LogP contribution in [-0.4, -0.2) is 42.6 Å². The second-order valence-corrected chi connectivity index (χ2v) is 6.40. The Balaban J connectivity index is 1.97. The molecule has 1 saturated heterocycles. The molecule has 0 spiro atoms. The lowest BCUT2D eigenvalue weighted by Crippen LogP contribution is -2.48. The first kappa shape index (κ1) is 17.0. The van der Waals surface area contributed by atoms with Crippen LogP contribution in [0.1, 0.15) is 45.6 Å². The number of carbonyl (C=O) groups excluding carboxylic acids is 1. The Morgan fingerprint density at radius 3 is 2.59 bits per heavy atom. The van der Waals surface area contributed by atoms with E-state index in [1.165, 1.54) is 5.56 Å². The fourth-order valence-corrected chi connectivity index (χ4v) is 3.07. The Hall–Kier alpha value is -1.39. The highest BCUT2D eigenvalue weighted by Gasteiger charge is 2.24. The van der Waals surface area contributed by atoms with E-state index in [9.17, 15) is 4.79 Å². The van der Waals surface area contributed by atoms with Gasteiger partial charge in [-0.25, -0.2) is 0 Å².